The summed E-state index contributed by atoms with van der Waals surface area (Å²) in [6.07, 6.45) is -1.59. The topological polar surface area (TPSA) is 63.3 Å². The molecule has 82 valence electrons. The number of benzene rings is 1. The van der Waals surface area contributed by atoms with E-state index in [0.29, 0.717) is 0 Å². The minimum atomic E-state index is -1.59. The highest BCUT2D eigenvalue weighted by atomic mass is 19.1. The molecule has 3 N–H and O–H groups in total. The summed E-state index contributed by atoms with van der Waals surface area (Å²) in [5, 5.41) is 8.66. The van der Waals surface area contributed by atoms with Crippen LogP contribution < -0.4 is 5.73 Å². The largest absolute Gasteiger partial charge is 0.480 e. The Morgan fingerprint density at radius 2 is 2.13 bits per heavy atom. The van der Waals surface area contributed by atoms with E-state index in [9.17, 15) is 13.6 Å². The van der Waals surface area contributed by atoms with E-state index in [4.69, 9.17) is 10.8 Å². The van der Waals surface area contributed by atoms with Crippen molar-refractivity contribution < 1.29 is 18.7 Å². The van der Waals surface area contributed by atoms with Gasteiger partial charge in [0.25, 0.3) is 0 Å². The maximum Gasteiger partial charge on any atom is 0.325 e. The van der Waals surface area contributed by atoms with Crippen LogP contribution in [0.1, 0.15) is 30.3 Å². The van der Waals surface area contributed by atoms with Crippen LogP contribution in [0.15, 0.2) is 18.2 Å². The summed E-state index contributed by atoms with van der Waals surface area (Å²) in [7, 11) is 0. The first-order valence-corrected chi connectivity index (χ1v) is 4.36. The molecule has 0 aromatic heterocycles. The standard InChI is InChI=1S/C10H11F2NO2/c1-5(11)8-6(9(13)10(14)15)3-2-4-7(8)12/h2-5,9H,13H2,1H3,(H,14,15). The van der Waals surface area contributed by atoms with Crippen LogP contribution in [0, 0.1) is 5.82 Å². The lowest BCUT2D eigenvalue weighted by molar-refractivity contribution is -0.138. The van der Waals surface area contributed by atoms with Gasteiger partial charge in [-0.1, -0.05) is 12.1 Å². The summed E-state index contributed by atoms with van der Waals surface area (Å²) in [6.45, 7) is 1.14. The van der Waals surface area contributed by atoms with Crippen molar-refractivity contribution in [1.82, 2.24) is 0 Å². The lowest BCUT2D eigenvalue weighted by Gasteiger charge is -2.14. The molecule has 1 aromatic carbocycles. The quantitative estimate of drug-likeness (QED) is 0.809. The van der Waals surface area contributed by atoms with Gasteiger partial charge in [0, 0.05) is 5.56 Å². The Bertz CT molecular complexity index is 380. The first-order chi connectivity index (χ1) is 6.95. The average molecular weight is 215 g/mol. The number of alkyl halides is 1. The molecule has 2 unspecified atom stereocenters. The highest BCUT2D eigenvalue weighted by Gasteiger charge is 2.23. The monoisotopic (exact) mass is 215 g/mol. The smallest absolute Gasteiger partial charge is 0.325 e. The van der Waals surface area contributed by atoms with Gasteiger partial charge in [-0.25, -0.2) is 8.78 Å². The third-order valence-electron chi connectivity index (χ3n) is 2.09. The van der Waals surface area contributed by atoms with E-state index in [0.717, 1.165) is 13.0 Å². The van der Waals surface area contributed by atoms with Gasteiger partial charge in [0.2, 0.25) is 0 Å². The Labute approximate surface area is 85.5 Å². The molecule has 2 atom stereocenters. The van der Waals surface area contributed by atoms with Crippen LogP contribution >= 0.6 is 0 Å². The molecule has 5 heteroatoms. The first kappa shape index (κ1) is 11.6. The molecule has 0 aliphatic rings. The van der Waals surface area contributed by atoms with Crippen molar-refractivity contribution in [3.05, 3.63) is 35.1 Å². The summed E-state index contributed by atoms with van der Waals surface area (Å²) in [6, 6.07) is 2.28. The number of halogens is 2. The number of nitrogens with two attached hydrogens (primary N) is 1. The van der Waals surface area contributed by atoms with Gasteiger partial charge in [-0.3, -0.25) is 4.79 Å². The summed E-state index contributed by atoms with van der Waals surface area (Å²) in [5.41, 5.74) is 5.00. The van der Waals surface area contributed by atoms with Crippen LogP contribution in [0.3, 0.4) is 0 Å². The van der Waals surface area contributed by atoms with Gasteiger partial charge in [-0.15, -0.1) is 0 Å². The van der Waals surface area contributed by atoms with Crippen LogP contribution in [0.2, 0.25) is 0 Å². The second kappa shape index (κ2) is 4.35. The molecule has 0 saturated carbocycles. The third kappa shape index (κ3) is 2.30. The minimum Gasteiger partial charge on any atom is -0.480 e. The maximum atomic E-state index is 13.2. The third-order valence-corrected chi connectivity index (χ3v) is 2.09. The Kier molecular flexibility index (Phi) is 3.36. The van der Waals surface area contributed by atoms with Gasteiger partial charge in [0.15, 0.2) is 0 Å². The zero-order chi connectivity index (χ0) is 11.6. The Morgan fingerprint density at radius 1 is 1.53 bits per heavy atom. The number of hydrogen-bond acceptors (Lipinski definition) is 2. The van der Waals surface area contributed by atoms with E-state index < -0.39 is 24.0 Å². The van der Waals surface area contributed by atoms with Gasteiger partial charge in [0.1, 0.15) is 18.0 Å². The summed E-state index contributed by atoms with van der Waals surface area (Å²) < 4.78 is 26.3. The van der Waals surface area contributed by atoms with Gasteiger partial charge in [-0.05, 0) is 18.6 Å². The second-order valence-electron chi connectivity index (χ2n) is 3.17. The lowest BCUT2D eigenvalue weighted by Crippen LogP contribution is -2.22. The molecule has 3 nitrogen and oxygen atoms in total. The Hall–Kier alpha value is -1.49. The molecule has 0 spiro atoms. The molecule has 0 fully saturated rings. The first-order valence-electron chi connectivity index (χ1n) is 4.36. The lowest BCUT2D eigenvalue weighted by atomic mass is 9.98. The van der Waals surface area contributed by atoms with Crippen molar-refractivity contribution in [1.29, 1.82) is 0 Å². The molecular weight excluding hydrogens is 204 g/mol. The number of carbonyl (C=O) groups is 1. The molecule has 1 rings (SSSR count). The van der Waals surface area contributed by atoms with E-state index >= 15 is 0 Å². The Morgan fingerprint density at radius 3 is 2.60 bits per heavy atom. The maximum absolute atomic E-state index is 13.2. The molecule has 0 aliphatic heterocycles. The number of rotatable bonds is 3. The average Bonchev–Trinajstić information content (AvgIpc) is 2.15. The van der Waals surface area contributed by atoms with Crippen LogP contribution in [0.25, 0.3) is 0 Å². The second-order valence-corrected chi connectivity index (χ2v) is 3.17. The highest BCUT2D eigenvalue weighted by Crippen LogP contribution is 2.27. The summed E-state index contributed by atoms with van der Waals surface area (Å²) >= 11 is 0. The molecule has 0 radical (unpaired) electrons. The van der Waals surface area contributed by atoms with E-state index in [1.54, 1.807) is 0 Å². The number of hydrogen-bond donors (Lipinski definition) is 2. The zero-order valence-corrected chi connectivity index (χ0v) is 8.08. The molecule has 0 saturated heterocycles. The normalized spacial score (nSPS) is 14.7. The van der Waals surface area contributed by atoms with Gasteiger partial charge in [-0.2, -0.15) is 0 Å². The van der Waals surface area contributed by atoms with E-state index in [2.05, 4.69) is 0 Å². The van der Waals surface area contributed by atoms with Crippen molar-refractivity contribution >= 4 is 5.97 Å². The fourth-order valence-corrected chi connectivity index (χ4v) is 1.38. The predicted octanol–water partition coefficient (Wildman–Crippen LogP) is 1.94. The van der Waals surface area contributed by atoms with Crippen LogP contribution in [-0.2, 0) is 4.79 Å². The van der Waals surface area contributed by atoms with E-state index in [1.807, 2.05) is 0 Å². The van der Waals surface area contributed by atoms with Crippen LogP contribution in [0.5, 0.6) is 0 Å². The predicted molar refractivity (Wildman–Crippen MR) is 50.5 cm³/mol. The van der Waals surface area contributed by atoms with Crippen molar-refractivity contribution in [2.24, 2.45) is 5.73 Å². The SMILES string of the molecule is CC(F)c1c(F)cccc1C(N)C(=O)O. The summed E-state index contributed by atoms with van der Waals surface area (Å²) in [4.78, 5) is 10.6. The molecule has 0 aliphatic carbocycles. The molecule has 0 bridgehead atoms. The minimum absolute atomic E-state index is 0.0301. The highest BCUT2D eigenvalue weighted by molar-refractivity contribution is 5.75. The fraction of sp³-hybridized carbons (Fsp3) is 0.300. The van der Waals surface area contributed by atoms with E-state index in [-0.39, 0.29) is 11.1 Å². The molecule has 0 amide bonds. The number of carboxylic acid groups (broad SMARTS) is 1. The van der Waals surface area contributed by atoms with Gasteiger partial charge in [0.05, 0.1) is 0 Å². The van der Waals surface area contributed by atoms with Crippen molar-refractivity contribution in [3.8, 4) is 0 Å². The number of carboxylic acids is 1. The molecule has 0 heterocycles. The molecule has 1 aromatic rings. The molecule has 15 heavy (non-hydrogen) atoms. The van der Waals surface area contributed by atoms with Gasteiger partial charge < -0.3 is 10.8 Å². The number of aliphatic carboxylic acids is 1. The summed E-state index contributed by atoms with van der Waals surface area (Å²) in [5.74, 6) is -2.10. The van der Waals surface area contributed by atoms with Gasteiger partial charge >= 0.3 is 5.97 Å². The fourth-order valence-electron chi connectivity index (χ4n) is 1.38. The van der Waals surface area contributed by atoms with Crippen molar-refractivity contribution in [3.63, 3.8) is 0 Å². The van der Waals surface area contributed by atoms with Crippen LogP contribution in [-0.4, -0.2) is 11.1 Å². The van der Waals surface area contributed by atoms with E-state index in [1.165, 1.54) is 12.1 Å². The molecular formula is C10H11F2NO2. The Balaban J connectivity index is 3.28. The van der Waals surface area contributed by atoms with Crippen molar-refractivity contribution in [2.75, 3.05) is 0 Å². The van der Waals surface area contributed by atoms with Crippen LogP contribution in [0.4, 0.5) is 8.78 Å². The van der Waals surface area contributed by atoms with Crippen molar-refractivity contribution in [2.45, 2.75) is 19.1 Å². The zero-order valence-electron chi connectivity index (χ0n) is 8.08.